The van der Waals surface area contributed by atoms with Gasteiger partial charge in [-0.25, -0.2) is 0 Å². The number of anilines is 1. The van der Waals surface area contributed by atoms with Crippen molar-refractivity contribution in [1.29, 1.82) is 0 Å². The summed E-state index contributed by atoms with van der Waals surface area (Å²) in [6, 6.07) is 16.6. The van der Waals surface area contributed by atoms with E-state index in [9.17, 15) is 10.1 Å². The molecule has 0 aliphatic rings. The molecule has 25 heavy (non-hydrogen) atoms. The minimum atomic E-state index is -0.610. The standard InChI is InChI=1S/C17H13Cl3N2O2S/c1-11-6-5-7-12(10-11)21-17(25-13-8-3-2-4-9-13)15(22(23)24)14(18)16(19)20/h2-10,21H,1H3/b17-15+. The van der Waals surface area contributed by atoms with E-state index in [4.69, 9.17) is 34.8 Å². The summed E-state index contributed by atoms with van der Waals surface area (Å²) in [6.07, 6.45) is 0. The molecule has 0 spiro atoms. The van der Waals surface area contributed by atoms with Crippen molar-refractivity contribution in [3.63, 3.8) is 0 Å². The quantitative estimate of drug-likeness (QED) is 0.252. The maximum Gasteiger partial charge on any atom is 0.320 e. The van der Waals surface area contributed by atoms with Crippen LogP contribution in [-0.4, -0.2) is 4.92 Å². The fourth-order valence-corrected chi connectivity index (χ4v) is 3.32. The molecule has 1 N–H and O–H groups in total. The highest BCUT2D eigenvalue weighted by Crippen LogP contribution is 2.36. The average Bonchev–Trinajstić information content (AvgIpc) is 2.55. The Bertz CT molecular complexity index is 835. The molecule has 0 saturated heterocycles. The van der Waals surface area contributed by atoms with E-state index in [1.54, 1.807) is 6.07 Å². The van der Waals surface area contributed by atoms with Crippen LogP contribution in [0.3, 0.4) is 0 Å². The van der Waals surface area contributed by atoms with Crippen molar-refractivity contribution in [3.8, 4) is 0 Å². The summed E-state index contributed by atoms with van der Waals surface area (Å²) in [5, 5.41) is 14.5. The average molecular weight is 416 g/mol. The summed E-state index contributed by atoms with van der Waals surface area (Å²) in [6.45, 7) is 1.93. The Morgan fingerprint density at radius 3 is 2.32 bits per heavy atom. The molecule has 0 atom stereocenters. The van der Waals surface area contributed by atoms with Gasteiger partial charge in [0.25, 0.3) is 0 Å². The van der Waals surface area contributed by atoms with E-state index in [-0.39, 0.29) is 14.6 Å². The smallest absolute Gasteiger partial charge is 0.320 e. The largest absolute Gasteiger partial charge is 0.344 e. The van der Waals surface area contributed by atoms with Crippen LogP contribution in [0.25, 0.3) is 0 Å². The molecule has 0 aliphatic heterocycles. The molecule has 2 aromatic carbocycles. The number of halogens is 3. The number of thioether (sulfide) groups is 1. The van der Waals surface area contributed by atoms with E-state index in [1.165, 1.54) is 0 Å². The number of rotatable bonds is 6. The lowest BCUT2D eigenvalue weighted by molar-refractivity contribution is -0.420. The van der Waals surface area contributed by atoms with E-state index in [2.05, 4.69) is 5.32 Å². The lowest BCUT2D eigenvalue weighted by Gasteiger charge is -2.12. The number of nitro groups is 1. The Morgan fingerprint density at radius 1 is 1.08 bits per heavy atom. The molecule has 0 aliphatic carbocycles. The minimum Gasteiger partial charge on any atom is -0.344 e. The molecule has 8 heteroatoms. The first-order chi connectivity index (χ1) is 11.9. The lowest BCUT2D eigenvalue weighted by atomic mass is 10.2. The van der Waals surface area contributed by atoms with Crippen LogP contribution < -0.4 is 5.32 Å². The second-order valence-corrected chi connectivity index (χ2v) is 7.33. The van der Waals surface area contributed by atoms with E-state index in [0.29, 0.717) is 5.69 Å². The normalized spacial score (nSPS) is 11.5. The van der Waals surface area contributed by atoms with Gasteiger partial charge in [-0.2, -0.15) is 0 Å². The van der Waals surface area contributed by atoms with Gasteiger partial charge in [0.1, 0.15) is 4.49 Å². The van der Waals surface area contributed by atoms with Crippen molar-refractivity contribution in [2.24, 2.45) is 0 Å². The zero-order chi connectivity index (χ0) is 18.4. The topological polar surface area (TPSA) is 55.2 Å². The van der Waals surface area contributed by atoms with Crippen molar-refractivity contribution in [1.82, 2.24) is 0 Å². The zero-order valence-corrected chi connectivity index (χ0v) is 16.1. The Hall–Kier alpha value is -1.66. The number of benzene rings is 2. The first-order valence-corrected chi connectivity index (χ1v) is 9.00. The third kappa shape index (κ3) is 5.68. The maximum absolute atomic E-state index is 11.6. The summed E-state index contributed by atoms with van der Waals surface area (Å²) in [7, 11) is 0. The van der Waals surface area contributed by atoms with Gasteiger partial charge in [-0.05, 0) is 36.8 Å². The molecule has 2 rings (SSSR count). The van der Waals surface area contributed by atoms with Gasteiger partial charge >= 0.3 is 5.70 Å². The van der Waals surface area contributed by atoms with Crippen molar-refractivity contribution in [2.75, 3.05) is 5.32 Å². The monoisotopic (exact) mass is 414 g/mol. The van der Waals surface area contributed by atoms with E-state index < -0.39 is 10.6 Å². The van der Waals surface area contributed by atoms with Gasteiger partial charge in [-0.15, -0.1) is 0 Å². The molecule has 130 valence electrons. The van der Waals surface area contributed by atoms with E-state index in [1.807, 2.05) is 55.5 Å². The number of allylic oxidation sites excluding steroid dienone is 1. The summed E-state index contributed by atoms with van der Waals surface area (Å²) in [5.41, 5.74) is 1.30. The first-order valence-electron chi connectivity index (χ1n) is 7.05. The number of nitrogens with one attached hydrogen (secondary N) is 1. The molecule has 0 bridgehead atoms. The van der Waals surface area contributed by atoms with Gasteiger partial charge in [0.15, 0.2) is 10.1 Å². The van der Waals surface area contributed by atoms with Gasteiger partial charge in [0, 0.05) is 10.6 Å². The molecule has 0 radical (unpaired) electrons. The Labute approximate surface area is 164 Å². The highest BCUT2D eigenvalue weighted by atomic mass is 35.5. The van der Waals surface area contributed by atoms with Crippen LogP contribution in [0.15, 0.2) is 79.7 Å². The molecule has 4 nitrogen and oxygen atoms in total. The highest BCUT2D eigenvalue weighted by molar-refractivity contribution is 8.03. The SMILES string of the molecule is Cc1cccc(N/C(Sc2ccccc2)=C(/C(Cl)=C(Cl)Cl)[N+](=O)[O-])c1. The Balaban J connectivity index is 2.55. The molecule has 0 heterocycles. The Morgan fingerprint density at radius 2 is 1.76 bits per heavy atom. The van der Waals surface area contributed by atoms with Crippen LogP contribution in [0.4, 0.5) is 5.69 Å². The van der Waals surface area contributed by atoms with Crippen molar-refractivity contribution >= 4 is 52.3 Å². The molecule has 2 aromatic rings. The van der Waals surface area contributed by atoms with Gasteiger partial charge in [0.2, 0.25) is 0 Å². The second-order valence-electron chi connectivity index (χ2n) is 4.92. The Kier molecular flexibility index (Phi) is 7.20. The van der Waals surface area contributed by atoms with Gasteiger partial charge < -0.3 is 5.32 Å². The van der Waals surface area contributed by atoms with E-state index in [0.717, 1.165) is 22.2 Å². The summed E-state index contributed by atoms with van der Waals surface area (Å²) in [4.78, 5) is 11.8. The van der Waals surface area contributed by atoms with Gasteiger partial charge in [-0.3, -0.25) is 10.1 Å². The first kappa shape index (κ1) is 19.7. The zero-order valence-electron chi connectivity index (χ0n) is 13.0. The third-order valence-corrected chi connectivity index (χ3v) is 4.96. The van der Waals surface area contributed by atoms with Gasteiger partial charge in [-0.1, -0.05) is 76.9 Å². The maximum atomic E-state index is 11.6. The van der Waals surface area contributed by atoms with Crippen LogP contribution in [0, 0.1) is 17.0 Å². The molecule has 0 aromatic heterocycles. The van der Waals surface area contributed by atoms with Crippen LogP contribution in [-0.2, 0) is 0 Å². The number of hydrogen-bond acceptors (Lipinski definition) is 4. The molecule has 0 fully saturated rings. The third-order valence-electron chi connectivity index (χ3n) is 3.01. The molecular weight excluding hydrogens is 403 g/mol. The predicted octanol–water partition coefficient (Wildman–Crippen LogP) is 6.53. The van der Waals surface area contributed by atoms with Crippen LogP contribution in [0.1, 0.15) is 5.56 Å². The van der Waals surface area contributed by atoms with Crippen LogP contribution in [0.2, 0.25) is 0 Å². The molecule has 0 unspecified atom stereocenters. The number of hydrogen-bond donors (Lipinski definition) is 1. The number of nitrogens with zero attached hydrogens (tertiary/aromatic N) is 1. The fraction of sp³-hybridized carbons (Fsp3) is 0.0588. The summed E-state index contributed by atoms with van der Waals surface area (Å²) in [5.74, 6) is 0. The van der Waals surface area contributed by atoms with Crippen LogP contribution >= 0.6 is 46.6 Å². The molecule has 0 amide bonds. The predicted molar refractivity (Wildman–Crippen MR) is 106 cm³/mol. The summed E-state index contributed by atoms with van der Waals surface area (Å²) < 4.78 is -0.370. The highest BCUT2D eigenvalue weighted by Gasteiger charge is 2.26. The molecular formula is C17H13Cl3N2O2S. The van der Waals surface area contributed by atoms with Crippen molar-refractivity contribution in [2.45, 2.75) is 11.8 Å². The van der Waals surface area contributed by atoms with Crippen molar-refractivity contribution in [3.05, 3.63) is 90.5 Å². The minimum absolute atomic E-state index is 0.214. The van der Waals surface area contributed by atoms with Crippen LogP contribution in [0.5, 0.6) is 0 Å². The number of aryl methyl sites for hydroxylation is 1. The van der Waals surface area contributed by atoms with Gasteiger partial charge in [0.05, 0.1) is 4.92 Å². The second kappa shape index (κ2) is 9.15. The van der Waals surface area contributed by atoms with Crippen molar-refractivity contribution < 1.29 is 4.92 Å². The fourth-order valence-electron chi connectivity index (χ4n) is 1.95. The van der Waals surface area contributed by atoms with E-state index >= 15 is 0 Å². The summed E-state index contributed by atoms with van der Waals surface area (Å²) >= 11 is 18.5. The molecule has 0 saturated carbocycles. The lowest BCUT2D eigenvalue weighted by Crippen LogP contribution is -2.09.